The van der Waals surface area contributed by atoms with Gasteiger partial charge in [-0.25, -0.2) is 13.9 Å². The lowest BCUT2D eigenvalue weighted by Gasteiger charge is -2.35. The molecule has 1 atom stereocenters. The van der Waals surface area contributed by atoms with Crippen LogP contribution in [0.1, 0.15) is 31.2 Å². The van der Waals surface area contributed by atoms with Gasteiger partial charge in [-0.15, -0.1) is 0 Å². The number of nitrogens with one attached hydrogen (secondary N) is 1. The molecule has 0 unspecified atom stereocenters. The maximum absolute atomic E-state index is 13.0. The molecule has 0 bridgehead atoms. The van der Waals surface area contributed by atoms with Gasteiger partial charge < -0.3 is 15.0 Å². The number of amides is 2. The molecule has 2 heterocycles. The first kappa shape index (κ1) is 18.4. The van der Waals surface area contributed by atoms with E-state index < -0.39 is 0 Å². The number of methoxy groups -OCH3 is 1. The first-order chi connectivity index (χ1) is 12.7. The molecule has 2 aromatic rings. The number of hydrogen-bond acceptors (Lipinski definition) is 3. The van der Waals surface area contributed by atoms with Gasteiger partial charge in [-0.05, 0) is 49.9 Å². The normalized spacial score (nSPS) is 17.3. The monoisotopic (exact) mass is 360 g/mol. The molecule has 1 saturated heterocycles. The third-order valence-electron chi connectivity index (χ3n) is 4.71. The minimum Gasteiger partial charge on any atom is -0.385 e. The lowest BCUT2D eigenvalue weighted by molar-refractivity contribution is 0.116. The predicted octanol–water partition coefficient (Wildman–Crippen LogP) is 3.11. The van der Waals surface area contributed by atoms with Gasteiger partial charge >= 0.3 is 6.03 Å². The van der Waals surface area contributed by atoms with E-state index in [1.807, 2.05) is 11.1 Å². The van der Waals surface area contributed by atoms with Crippen molar-refractivity contribution >= 4 is 6.03 Å². The summed E-state index contributed by atoms with van der Waals surface area (Å²) in [6.07, 6.45) is 7.64. The fourth-order valence-corrected chi connectivity index (χ4v) is 3.29. The van der Waals surface area contributed by atoms with Crippen LogP contribution < -0.4 is 5.32 Å². The highest BCUT2D eigenvalue weighted by atomic mass is 19.1. The van der Waals surface area contributed by atoms with Gasteiger partial charge in [-0.2, -0.15) is 5.10 Å². The minimum atomic E-state index is -0.280. The van der Waals surface area contributed by atoms with Crippen LogP contribution >= 0.6 is 0 Å². The molecule has 0 saturated carbocycles. The SMILES string of the molecule is COCC[C@@H]1CCCCN1C(=O)NCc1cnn(-c2ccc(F)cc2)c1. The van der Waals surface area contributed by atoms with E-state index in [0.29, 0.717) is 13.2 Å². The molecule has 6 nitrogen and oxygen atoms in total. The third kappa shape index (κ3) is 4.60. The molecule has 3 rings (SSSR count). The van der Waals surface area contributed by atoms with Crippen LogP contribution in [-0.2, 0) is 11.3 Å². The van der Waals surface area contributed by atoms with Crippen LogP contribution in [0.25, 0.3) is 5.69 Å². The molecule has 140 valence electrons. The second-order valence-corrected chi connectivity index (χ2v) is 6.55. The molecule has 1 aromatic heterocycles. The quantitative estimate of drug-likeness (QED) is 0.861. The molecule has 1 aromatic carbocycles. The average molecular weight is 360 g/mol. The number of ether oxygens (including phenoxy) is 1. The van der Waals surface area contributed by atoms with Gasteiger partial charge in [0.25, 0.3) is 0 Å². The first-order valence-electron chi connectivity index (χ1n) is 9.00. The van der Waals surface area contributed by atoms with Crippen molar-refractivity contribution in [2.75, 3.05) is 20.3 Å². The van der Waals surface area contributed by atoms with Crippen LogP contribution in [0, 0.1) is 5.82 Å². The zero-order valence-electron chi connectivity index (χ0n) is 15.0. The highest BCUT2D eigenvalue weighted by Crippen LogP contribution is 2.20. The number of urea groups is 1. The fourth-order valence-electron chi connectivity index (χ4n) is 3.29. The Kier molecular flexibility index (Phi) is 6.22. The standard InChI is InChI=1S/C19H25FN4O2/c1-26-11-9-17-4-2-3-10-23(17)19(25)21-12-15-13-22-24(14-15)18-7-5-16(20)6-8-18/h5-8,13-14,17H,2-4,9-12H2,1H3,(H,21,25)/t17-/m0/s1. The van der Waals surface area contributed by atoms with E-state index in [-0.39, 0.29) is 17.9 Å². The van der Waals surface area contributed by atoms with Gasteiger partial charge in [0.05, 0.1) is 11.9 Å². The number of rotatable bonds is 6. The van der Waals surface area contributed by atoms with Crippen LogP contribution in [-0.4, -0.2) is 47.0 Å². The number of piperidine rings is 1. The first-order valence-corrected chi connectivity index (χ1v) is 9.00. The molecular formula is C19H25FN4O2. The molecule has 1 fully saturated rings. The Balaban J connectivity index is 1.56. The van der Waals surface area contributed by atoms with Crippen molar-refractivity contribution in [2.45, 2.75) is 38.3 Å². The summed E-state index contributed by atoms with van der Waals surface area (Å²) in [5, 5.41) is 7.26. The van der Waals surface area contributed by atoms with E-state index in [2.05, 4.69) is 10.4 Å². The number of likely N-dealkylation sites (tertiary alicyclic amines) is 1. The Morgan fingerprint density at radius 1 is 1.35 bits per heavy atom. The molecule has 1 aliphatic rings. The van der Waals surface area contributed by atoms with E-state index >= 15 is 0 Å². The lowest BCUT2D eigenvalue weighted by Crippen LogP contribution is -2.48. The second kappa shape index (κ2) is 8.80. The Morgan fingerprint density at radius 2 is 2.15 bits per heavy atom. The number of hydrogen-bond donors (Lipinski definition) is 1. The van der Waals surface area contributed by atoms with E-state index in [4.69, 9.17) is 4.74 Å². The number of carbonyl (C=O) groups excluding carboxylic acids is 1. The average Bonchev–Trinajstić information content (AvgIpc) is 3.14. The Bertz CT molecular complexity index is 717. The summed E-state index contributed by atoms with van der Waals surface area (Å²) in [6, 6.07) is 6.33. The summed E-state index contributed by atoms with van der Waals surface area (Å²) >= 11 is 0. The maximum atomic E-state index is 13.0. The van der Waals surface area contributed by atoms with Crippen LogP contribution in [0.15, 0.2) is 36.7 Å². The Labute approximate surface area is 152 Å². The lowest BCUT2D eigenvalue weighted by atomic mass is 10.00. The number of nitrogens with zero attached hydrogens (tertiary/aromatic N) is 3. The summed E-state index contributed by atoms with van der Waals surface area (Å²) < 4.78 is 19.8. The maximum Gasteiger partial charge on any atom is 0.317 e. The van der Waals surface area contributed by atoms with Crippen LogP contribution in [0.4, 0.5) is 9.18 Å². The van der Waals surface area contributed by atoms with Crippen LogP contribution in [0.5, 0.6) is 0 Å². The number of benzene rings is 1. The third-order valence-corrected chi connectivity index (χ3v) is 4.71. The van der Waals surface area contributed by atoms with Crippen molar-refractivity contribution in [1.29, 1.82) is 0 Å². The molecular weight excluding hydrogens is 335 g/mol. The molecule has 1 aliphatic heterocycles. The molecule has 1 N–H and O–H groups in total. The molecule has 7 heteroatoms. The molecule has 0 radical (unpaired) electrons. The summed E-state index contributed by atoms with van der Waals surface area (Å²) in [6.45, 7) is 1.86. The zero-order chi connectivity index (χ0) is 18.4. The fraction of sp³-hybridized carbons (Fsp3) is 0.474. The van der Waals surface area contributed by atoms with Gasteiger partial charge in [0.15, 0.2) is 0 Å². The number of aromatic nitrogens is 2. The van der Waals surface area contributed by atoms with Crippen molar-refractivity contribution in [3.8, 4) is 5.69 Å². The Morgan fingerprint density at radius 3 is 2.92 bits per heavy atom. The molecule has 2 amide bonds. The summed E-state index contributed by atoms with van der Waals surface area (Å²) in [5.41, 5.74) is 1.67. The second-order valence-electron chi connectivity index (χ2n) is 6.55. The number of halogens is 1. The zero-order valence-corrected chi connectivity index (χ0v) is 15.0. The predicted molar refractivity (Wildman–Crippen MR) is 96.6 cm³/mol. The van der Waals surface area contributed by atoms with Gasteiger partial charge in [0.1, 0.15) is 5.82 Å². The van der Waals surface area contributed by atoms with Crippen LogP contribution in [0.3, 0.4) is 0 Å². The van der Waals surface area contributed by atoms with Gasteiger partial charge in [-0.1, -0.05) is 0 Å². The van der Waals surface area contributed by atoms with Crippen molar-refractivity contribution < 1.29 is 13.9 Å². The van der Waals surface area contributed by atoms with E-state index in [9.17, 15) is 9.18 Å². The highest BCUT2D eigenvalue weighted by molar-refractivity contribution is 5.74. The van der Waals surface area contributed by atoms with Crippen molar-refractivity contribution in [2.24, 2.45) is 0 Å². The van der Waals surface area contributed by atoms with E-state index in [1.165, 1.54) is 12.1 Å². The highest BCUT2D eigenvalue weighted by Gasteiger charge is 2.26. The van der Waals surface area contributed by atoms with Crippen molar-refractivity contribution in [1.82, 2.24) is 20.0 Å². The van der Waals surface area contributed by atoms with E-state index in [0.717, 1.165) is 43.5 Å². The minimum absolute atomic E-state index is 0.0414. The summed E-state index contributed by atoms with van der Waals surface area (Å²) in [7, 11) is 1.69. The van der Waals surface area contributed by atoms with Gasteiger partial charge in [0.2, 0.25) is 0 Å². The van der Waals surface area contributed by atoms with Gasteiger partial charge in [-0.3, -0.25) is 0 Å². The van der Waals surface area contributed by atoms with Gasteiger partial charge in [0, 0.05) is 44.6 Å². The molecule has 26 heavy (non-hydrogen) atoms. The van der Waals surface area contributed by atoms with Crippen molar-refractivity contribution in [3.63, 3.8) is 0 Å². The largest absolute Gasteiger partial charge is 0.385 e. The smallest absolute Gasteiger partial charge is 0.317 e. The van der Waals surface area contributed by atoms with Crippen LogP contribution in [0.2, 0.25) is 0 Å². The summed E-state index contributed by atoms with van der Waals surface area (Å²) in [4.78, 5) is 14.5. The topological polar surface area (TPSA) is 59.4 Å². The van der Waals surface area contributed by atoms with Crippen molar-refractivity contribution in [3.05, 3.63) is 48.0 Å². The van der Waals surface area contributed by atoms with E-state index in [1.54, 1.807) is 30.1 Å². The Hall–Kier alpha value is -2.41. The number of carbonyl (C=O) groups is 1. The molecule has 0 spiro atoms. The summed E-state index contributed by atoms with van der Waals surface area (Å²) in [5.74, 6) is -0.280. The molecule has 0 aliphatic carbocycles.